The molecule has 11 heteroatoms. The lowest BCUT2D eigenvalue weighted by atomic mass is 10.1. The third-order valence-corrected chi connectivity index (χ3v) is 4.31. The van der Waals surface area contributed by atoms with Gasteiger partial charge in [-0.15, -0.1) is 0 Å². The van der Waals surface area contributed by atoms with Crippen LogP contribution in [-0.2, 0) is 6.18 Å². The van der Waals surface area contributed by atoms with Gasteiger partial charge in [-0.2, -0.15) is 13.2 Å². The minimum Gasteiger partial charge on any atom is -0.475 e. The third kappa shape index (κ3) is 4.50. The van der Waals surface area contributed by atoms with Gasteiger partial charge in [-0.1, -0.05) is 12.1 Å². The number of primary amides is 1. The highest BCUT2D eigenvalue weighted by molar-refractivity contribution is 5.93. The normalized spacial score (nSPS) is 12.6. The Bertz CT molecular complexity index is 1110. The van der Waals surface area contributed by atoms with Crippen molar-refractivity contribution in [3.8, 4) is 17.0 Å². The SMILES string of the molecule is Cc1oc(C(CO)Oc2ccc(F)c(C(N)=O)c2F)nc1-c1ccc(C(F)(F)F)cc1. The molecule has 0 spiro atoms. The highest BCUT2D eigenvalue weighted by Crippen LogP contribution is 2.33. The van der Waals surface area contributed by atoms with Crippen LogP contribution in [-0.4, -0.2) is 22.6 Å². The molecule has 1 amide bonds. The summed E-state index contributed by atoms with van der Waals surface area (Å²) in [5.41, 5.74) is 3.60. The number of nitrogens with two attached hydrogens (primary N) is 1. The second kappa shape index (κ2) is 8.34. The largest absolute Gasteiger partial charge is 0.475 e. The zero-order valence-corrected chi connectivity index (χ0v) is 15.8. The van der Waals surface area contributed by atoms with E-state index < -0.39 is 53.3 Å². The summed E-state index contributed by atoms with van der Waals surface area (Å²) in [4.78, 5) is 15.4. The smallest absolute Gasteiger partial charge is 0.416 e. The number of amides is 1. The molecule has 3 N–H and O–H groups in total. The first kappa shape index (κ1) is 22.2. The summed E-state index contributed by atoms with van der Waals surface area (Å²) in [5.74, 6) is -4.49. The van der Waals surface area contributed by atoms with Crippen molar-refractivity contribution in [3.05, 3.63) is 70.8 Å². The monoisotopic (exact) mass is 442 g/mol. The third-order valence-electron chi connectivity index (χ3n) is 4.31. The standard InChI is InChI=1S/C20H15F5N2O4/c1-9-17(10-2-4-11(5-3-10)20(23,24)25)27-19(30-9)14(8-28)31-13-7-6-12(21)15(16(13)22)18(26)29/h2-7,14,28H,8H2,1H3,(H2,26,29). The molecule has 3 rings (SSSR count). The minimum absolute atomic E-state index is 0.183. The Labute approximate surface area is 172 Å². The molecular weight excluding hydrogens is 427 g/mol. The quantitative estimate of drug-likeness (QED) is 0.559. The van der Waals surface area contributed by atoms with Gasteiger partial charge in [0.2, 0.25) is 5.89 Å². The van der Waals surface area contributed by atoms with E-state index in [9.17, 15) is 31.9 Å². The van der Waals surface area contributed by atoms with Crippen LogP contribution in [0.5, 0.6) is 5.75 Å². The lowest BCUT2D eigenvalue weighted by molar-refractivity contribution is -0.137. The molecule has 2 aromatic carbocycles. The van der Waals surface area contributed by atoms with Gasteiger partial charge in [-0.3, -0.25) is 4.79 Å². The predicted molar refractivity (Wildman–Crippen MR) is 97.0 cm³/mol. The highest BCUT2D eigenvalue weighted by Gasteiger charge is 2.30. The molecule has 0 saturated heterocycles. The summed E-state index contributed by atoms with van der Waals surface area (Å²) < 4.78 is 76.9. The number of hydrogen-bond acceptors (Lipinski definition) is 5. The number of carbonyl (C=O) groups is 1. The van der Waals surface area contributed by atoms with Crippen molar-refractivity contribution >= 4 is 5.91 Å². The fourth-order valence-corrected chi connectivity index (χ4v) is 2.81. The minimum atomic E-state index is -4.50. The van der Waals surface area contributed by atoms with Crippen LogP contribution in [0.4, 0.5) is 22.0 Å². The number of halogens is 5. The molecular formula is C20H15F5N2O4. The molecule has 0 fully saturated rings. The van der Waals surface area contributed by atoms with Crippen LogP contribution in [0.2, 0.25) is 0 Å². The Morgan fingerprint density at radius 3 is 2.39 bits per heavy atom. The van der Waals surface area contributed by atoms with E-state index in [0.717, 1.165) is 24.3 Å². The second-order valence-electron chi connectivity index (χ2n) is 6.42. The lowest BCUT2D eigenvalue weighted by Gasteiger charge is -2.15. The van der Waals surface area contributed by atoms with Crippen LogP contribution < -0.4 is 10.5 Å². The number of aryl methyl sites for hydroxylation is 1. The number of benzene rings is 2. The van der Waals surface area contributed by atoms with E-state index in [1.807, 2.05) is 0 Å². The molecule has 6 nitrogen and oxygen atoms in total. The van der Waals surface area contributed by atoms with Gasteiger partial charge in [0.25, 0.3) is 5.91 Å². The Hall–Kier alpha value is -3.47. The predicted octanol–water partition coefficient (Wildman–Crippen LogP) is 4.16. The number of hydrogen-bond donors (Lipinski definition) is 2. The molecule has 3 aromatic rings. The maximum atomic E-state index is 14.4. The molecule has 31 heavy (non-hydrogen) atoms. The Kier molecular flexibility index (Phi) is 5.98. The number of ether oxygens (including phenoxy) is 1. The fraction of sp³-hybridized carbons (Fsp3) is 0.200. The van der Waals surface area contributed by atoms with E-state index in [0.29, 0.717) is 5.56 Å². The summed E-state index contributed by atoms with van der Waals surface area (Å²) in [6, 6.07) is 5.81. The van der Waals surface area contributed by atoms with Gasteiger partial charge < -0.3 is 20.0 Å². The number of nitrogens with zero attached hydrogens (tertiary/aromatic N) is 1. The number of oxazole rings is 1. The summed E-state index contributed by atoms with van der Waals surface area (Å²) in [6.45, 7) is 0.747. The lowest BCUT2D eigenvalue weighted by Crippen LogP contribution is -2.18. The van der Waals surface area contributed by atoms with Crippen molar-refractivity contribution in [2.45, 2.75) is 19.2 Å². The van der Waals surface area contributed by atoms with Crippen LogP contribution in [0, 0.1) is 18.6 Å². The van der Waals surface area contributed by atoms with Gasteiger partial charge in [-0.25, -0.2) is 13.8 Å². The van der Waals surface area contributed by atoms with Crippen LogP contribution in [0.1, 0.15) is 33.7 Å². The Morgan fingerprint density at radius 1 is 1.19 bits per heavy atom. The molecule has 0 aliphatic rings. The van der Waals surface area contributed by atoms with Gasteiger partial charge in [0, 0.05) is 5.56 Å². The van der Waals surface area contributed by atoms with E-state index in [1.165, 1.54) is 19.1 Å². The van der Waals surface area contributed by atoms with Gasteiger partial charge in [0.15, 0.2) is 17.7 Å². The summed E-state index contributed by atoms with van der Waals surface area (Å²) in [5, 5.41) is 9.62. The molecule has 0 aliphatic heterocycles. The van der Waals surface area contributed by atoms with Crippen molar-refractivity contribution < 1.29 is 41.0 Å². The first-order chi connectivity index (χ1) is 14.5. The number of rotatable bonds is 6. The van der Waals surface area contributed by atoms with Gasteiger partial charge in [0.1, 0.15) is 22.8 Å². The molecule has 1 unspecified atom stereocenters. The molecule has 0 radical (unpaired) electrons. The zero-order valence-electron chi connectivity index (χ0n) is 15.8. The fourth-order valence-electron chi connectivity index (χ4n) is 2.81. The van der Waals surface area contributed by atoms with E-state index in [2.05, 4.69) is 4.98 Å². The average Bonchev–Trinajstić information content (AvgIpc) is 3.08. The van der Waals surface area contributed by atoms with Gasteiger partial charge >= 0.3 is 6.18 Å². The Balaban J connectivity index is 1.91. The molecule has 0 aliphatic carbocycles. The first-order valence-electron chi connectivity index (χ1n) is 8.73. The summed E-state index contributed by atoms with van der Waals surface area (Å²) in [6.07, 6.45) is -5.86. The second-order valence-corrected chi connectivity index (χ2v) is 6.42. The topological polar surface area (TPSA) is 98.6 Å². The van der Waals surface area contributed by atoms with Crippen LogP contribution in [0.25, 0.3) is 11.3 Å². The van der Waals surface area contributed by atoms with Crippen molar-refractivity contribution in [2.75, 3.05) is 6.61 Å². The van der Waals surface area contributed by atoms with E-state index >= 15 is 0 Å². The number of aliphatic hydroxyl groups excluding tert-OH is 1. The molecule has 1 heterocycles. The van der Waals surface area contributed by atoms with E-state index in [-0.39, 0.29) is 17.3 Å². The molecule has 0 bridgehead atoms. The number of aliphatic hydroxyl groups is 1. The van der Waals surface area contributed by atoms with E-state index in [4.69, 9.17) is 14.9 Å². The van der Waals surface area contributed by atoms with Crippen molar-refractivity contribution in [3.63, 3.8) is 0 Å². The van der Waals surface area contributed by atoms with Crippen molar-refractivity contribution in [2.24, 2.45) is 5.73 Å². The van der Waals surface area contributed by atoms with E-state index in [1.54, 1.807) is 0 Å². The number of alkyl halides is 3. The number of carbonyl (C=O) groups excluding carboxylic acids is 1. The van der Waals surface area contributed by atoms with Crippen LogP contribution in [0.15, 0.2) is 40.8 Å². The first-order valence-corrected chi connectivity index (χ1v) is 8.73. The summed E-state index contributed by atoms with van der Waals surface area (Å²) in [7, 11) is 0. The van der Waals surface area contributed by atoms with Crippen LogP contribution >= 0.6 is 0 Å². The average molecular weight is 442 g/mol. The van der Waals surface area contributed by atoms with Gasteiger partial charge in [0.05, 0.1) is 12.2 Å². The van der Waals surface area contributed by atoms with Crippen molar-refractivity contribution in [1.82, 2.24) is 4.98 Å². The molecule has 0 saturated carbocycles. The molecule has 164 valence electrons. The van der Waals surface area contributed by atoms with Gasteiger partial charge in [-0.05, 0) is 31.2 Å². The zero-order chi connectivity index (χ0) is 22.9. The molecule has 1 atom stereocenters. The van der Waals surface area contributed by atoms with Crippen LogP contribution in [0.3, 0.4) is 0 Å². The Morgan fingerprint density at radius 2 is 1.84 bits per heavy atom. The highest BCUT2D eigenvalue weighted by atomic mass is 19.4. The number of aromatic nitrogens is 1. The molecule has 1 aromatic heterocycles. The maximum absolute atomic E-state index is 14.4. The van der Waals surface area contributed by atoms with Crippen molar-refractivity contribution in [1.29, 1.82) is 0 Å². The maximum Gasteiger partial charge on any atom is 0.416 e. The summed E-state index contributed by atoms with van der Waals surface area (Å²) >= 11 is 0.